The lowest BCUT2D eigenvalue weighted by atomic mass is 10.0. The molecule has 1 atom stereocenters. The first-order valence-corrected chi connectivity index (χ1v) is 8.05. The number of rotatable bonds is 6. The van der Waals surface area contributed by atoms with E-state index in [1.165, 1.54) is 24.3 Å². The Balaban J connectivity index is 2.70. The van der Waals surface area contributed by atoms with Gasteiger partial charge in [-0.3, -0.25) is 0 Å². The van der Waals surface area contributed by atoms with E-state index in [-0.39, 0.29) is 17.2 Å². The monoisotopic (exact) mass is 328 g/mol. The number of nitrogens with one attached hydrogen (secondary N) is 2. The van der Waals surface area contributed by atoms with Crippen LogP contribution in [-0.2, 0) is 14.8 Å². The summed E-state index contributed by atoms with van der Waals surface area (Å²) in [7, 11) is -3.81. The molecular weight excluding hydrogens is 310 g/mol. The average molecular weight is 328 g/mol. The smallest absolute Gasteiger partial charge is 0.319 e. The van der Waals surface area contributed by atoms with Gasteiger partial charge in [0.15, 0.2) is 0 Å². The minimum Gasteiger partial charge on any atom is -0.548 e. The molecule has 0 heterocycles. The van der Waals surface area contributed by atoms with Crippen molar-refractivity contribution in [2.45, 2.75) is 31.2 Å². The molecule has 2 amide bonds. The highest BCUT2D eigenvalue weighted by Crippen LogP contribution is 2.12. The number of hydrogen-bond donors (Lipinski definition) is 3. The number of nitrogens with two attached hydrogens (primary N) is 1. The fourth-order valence-electron chi connectivity index (χ4n) is 1.74. The van der Waals surface area contributed by atoms with Crippen molar-refractivity contribution < 1.29 is 23.1 Å². The number of benzene rings is 1. The van der Waals surface area contributed by atoms with Crippen molar-refractivity contribution in [1.29, 1.82) is 0 Å². The van der Waals surface area contributed by atoms with E-state index in [9.17, 15) is 23.1 Å². The molecule has 22 heavy (non-hydrogen) atoms. The predicted molar refractivity (Wildman–Crippen MR) is 78.2 cm³/mol. The van der Waals surface area contributed by atoms with Gasteiger partial charge < -0.3 is 20.5 Å². The summed E-state index contributed by atoms with van der Waals surface area (Å²) in [5.41, 5.74) is 0.298. The maximum atomic E-state index is 11.7. The van der Waals surface area contributed by atoms with Gasteiger partial charge in [-0.2, -0.15) is 0 Å². The second-order valence-corrected chi connectivity index (χ2v) is 6.73. The molecule has 0 saturated carbocycles. The van der Waals surface area contributed by atoms with Crippen molar-refractivity contribution in [2.75, 3.05) is 5.32 Å². The molecule has 1 aromatic rings. The summed E-state index contributed by atoms with van der Waals surface area (Å²) in [6.45, 7) is 3.64. The maximum Gasteiger partial charge on any atom is 0.319 e. The number of anilines is 1. The number of amides is 2. The lowest BCUT2D eigenvalue weighted by Crippen LogP contribution is -2.49. The zero-order valence-electron chi connectivity index (χ0n) is 12.2. The SMILES string of the molecule is CC(C)C[C@H](NC(=O)Nc1ccc(S(N)(=O)=O)cc1)C(=O)[O-]. The number of carboxylic acids is 1. The van der Waals surface area contributed by atoms with E-state index in [0.717, 1.165) is 0 Å². The lowest BCUT2D eigenvalue weighted by Gasteiger charge is -2.21. The number of carbonyl (C=O) groups excluding carboxylic acids is 2. The molecule has 8 nitrogen and oxygen atoms in total. The Morgan fingerprint density at radius 1 is 1.23 bits per heavy atom. The molecule has 0 aromatic heterocycles. The van der Waals surface area contributed by atoms with Crippen molar-refractivity contribution >= 4 is 27.7 Å². The van der Waals surface area contributed by atoms with Crippen molar-refractivity contribution in [1.82, 2.24) is 5.32 Å². The van der Waals surface area contributed by atoms with Crippen LogP contribution >= 0.6 is 0 Å². The molecule has 0 unspecified atom stereocenters. The third-order valence-electron chi connectivity index (χ3n) is 2.74. The Hall–Kier alpha value is -2.13. The van der Waals surface area contributed by atoms with Crippen LogP contribution in [0.2, 0.25) is 0 Å². The van der Waals surface area contributed by atoms with Gasteiger partial charge in [0.1, 0.15) is 0 Å². The van der Waals surface area contributed by atoms with Crippen LogP contribution in [0.5, 0.6) is 0 Å². The topological polar surface area (TPSA) is 141 Å². The summed E-state index contributed by atoms with van der Waals surface area (Å²) in [5, 5.41) is 20.6. The minimum atomic E-state index is -3.81. The van der Waals surface area contributed by atoms with Crippen molar-refractivity contribution in [3.63, 3.8) is 0 Å². The van der Waals surface area contributed by atoms with E-state index in [1.807, 2.05) is 13.8 Å². The van der Waals surface area contributed by atoms with Crippen molar-refractivity contribution in [2.24, 2.45) is 11.1 Å². The van der Waals surface area contributed by atoms with Gasteiger partial charge in [0.2, 0.25) is 10.0 Å². The zero-order valence-corrected chi connectivity index (χ0v) is 13.0. The zero-order chi connectivity index (χ0) is 16.9. The van der Waals surface area contributed by atoms with Crippen LogP contribution in [0.3, 0.4) is 0 Å². The second-order valence-electron chi connectivity index (χ2n) is 5.17. The molecule has 1 aromatic carbocycles. The van der Waals surface area contributed by atoms with Gasteiger partial charge in [0, 0.05) is 5.69 Å². The van der Waals surface area contributed by atoms with Gasteiger partial charge >= 0.3 is 6.03 Å². The highest BCUT2D eigenvalue weighted by atomic mass is 32.2. The largest absolute Gasteiger partial charge is 0.548 e. The fourth-order valence-corrected chi connectivity index (χ4v) is 2.25. The number of carboxylic acid groups (broad SMARTS) is 1. The molecular formula is C13H18N3O5S-. The molecule has 0 spiro atoms. The Morgan fingerprint density at radius 2 is 1.77 bits per heavy atom. The van der Waals surface area contributed by atoms with Crippen LogP contribution in [0.4, 0.5) is 10.5 Å². The van der Waals surface area contributed by atoms with Gasteiger partial charge in [0.25, 0.3) is 0 Å². The van der Waals surface area contributed by atoms with Gasteiger partial charge in [-0.15, -0.1) is 0 Å². The number of hydrogen-bond acceptors (Lipinski definition) is 5. The Labute approximate surface area is 128 Å². The van der Waals surface area contributed by atoms with E-state index in [4.69, 9.17) is 5.14 Å². The number of aliphatic carboxylic acids is 1. The van der Waals surface area contributed by atoms with Crippen LogP contribution < -0.4 is 20.9 Å². The second kappa shape index (κ2) is 7.23. The molecule has 0 radical (unpaired) electrons. The number of urea groups is 1. The molecule has 0 saturated heterocycles. The number of sulfonamides is 1. The molecule has 4 N–H and O–H groups in total. The van der Waals surface area contributed by atoms with E-state index in [1.54, 1.807) is 0 Å². The van der Waals surface area contributed by atoms with Crippen LogP contribution in [0.1, 0.15) is 20.3 Å². The molecule has 0 aliphatic heterocycles. The molecule has 0 aliphatic rings. The average Bonchev–Trinajstić information content (AvgIpc) is 2.36. The molecule has 122 valence electrons. The Kier molecular flexibility index (Phi) is 5.89. The summed E-state index contributed by atoms with van der Waals surface area (Å²) in [6, 6.07) is 3.32. The third kappa shape index (κ3) is 5.70. The molecule has 0 aliphatic carbocycles. The summed E-state index contributed by atoms with van der Waals surface area (Å²) in [6.07, 6.45) is 0.236. The highest BCUT2D eigenvalue weighted by Gasteiger charge is 2.15. The molecule has 0 fully saturated rings. The molecule has 0 bridgehead atoms. The van der Waals surface area contributed by atoms with Crippen LogP contribution in [0.25, 0.3) is 0 Å². The Morgan fingerprint density at radius 3 is 2.18 bits per heavy atom. The van der Waals surface area contributed by atoms with E-state index in [2.05, 4.69) is 10.6 Å². The van der Waals surface area contributed by atoms with E-state index >= 15 is 0 Å². The highest BCUT2D eigenvalue weighted by molar-refractivity contribution is 7.89. The molecule has 9 heteroatoms. The van der Waals surface area contributed by atoms with Gasteiger partial charge in [0.05, 0.1) is 16.9 Å². The first-order valence-electron chi connectivity index (χ1n) is 6.51. The number of carbonyl (C=O) groups is 2. The normalized spacial score (nSPS) is 12.7. The first-order chi connectivity index (χ1) is 10.1. The Bertz CT molecular complexity index is 640. The summed E-state index contributed by atoms with van der Waals surface area (Å²) in [4.78, 5) is 22.6. The van der Waals surface area contributed by atoms with Crippen LogP contribution in [-0.4, -0.2) is 26.5 Å². The quantitative estimate of drug-likeness (QED) is 0.652. The summed E-state index contributed by atoms with van der Waals surface area (Å²) < 4.78 is 22.2. The van der Waals surface area contributed by atoms with Gasteiger partial charge in [-0.1, -0.05) is 13.8 Å². The first kappa shape index (κ1) is 17.9. The van der Waals surface area contributed by atoms with Crippen molar-refractivity contribution in [3.8, 4) is 0 Å². The van der Waals surface area contributed by atoms with Crippen LogP contribution in [0.15, 0.2) is 29.2 Å². The third-order valence-corrected chi connectivity index (χ3v) is 3.67. The van der Waals surface area contributed by atoms with Gasteiger partial charge in [-0.25, -0.2) is 18.4 Å². The van der Waals surface area contributed by atoms with Crippen molar-refractivity contribution in [3.05, 3.63) is 24.3 Å². The van der Waals surface area contributed by atoms with Crippen LogP contribution in [0, 0.1) is 5.92 Å². The van der Waals surface area contributed by atoms with E-state index in [0.29, 0.717) is 5.69 Å². The minimum absolute atomic E-state index is 0.0669. The maximum absolute atomic E-state index is 11.7. The standard InChI is InChI=1S/C13H19N3O5S/c1-8(2)7-11(12(17)18)16-13(19)15-9-3-5-10(6-4-9)22(14,20)21/h3-6,8,11H,7H2,1-2H3,(H,17,18)(H2,14,20,21)(H2,15,16,19)/p-1/t11-/m0/s1. The fraction of sp³-hybridized carbons (Fsp3) is 0.385. The van der Waals surface area contributed by atoms with E-state index < -0.39 is 28.1 Å². The summed E-state index contributed by atoms with van der Waals surface area (Å²) >= 11 is 0. The summed E-state index contributed by atoms with van der Waals surface area (Å²) in [5.74, 6) is -1.30. The van der Waals surface area contributed by atoms with Gasteiger partial charge in [-0.05, 0) is 36.6 Å². The molecule has 1 rings (SSSR count). The lowest BCUT2D eigenvalue weighted by molar-refractivity contribution is -0.308. The predicted octanol–water partition coefficient (Wildman–Crippen LogP) is -0.380. The number of primary sulfonamides is 1.